The van der Waals surface area contributed by atoms with Crippen molar-refractivity contribution in [2.45, 2.75) is 46.6 Å². The molecule has 0 spiro atoms. The first-order chi connectivity index (χ1) is 10.9. The molecule has 4 heteroatoms. The first-order valence-corrected chi connectivity index (χ1v) is 9.05. The third kappa shape index (κ3) is 3.81. The van der Waals surface area contributed by atoms with Crippen LogP contribution in [0.4, 0.5) is 0 Å². The van der Waals surface area contributed by atoms with Crippen LogP contribution in [-0.4, -0.2) is 10.9 Å². The molecule has 0 bridgehead atoms. The van der Waals surface area contributed by atoms with Gasteiger partial charge in [-0.05, 0) is 54.4 Å². The lowest BCUT2D eigenvalue weighted by Gasteiger charge is -2.33. The van der Waals surface area contributed by atoms with Crippen molar-refractivity contribution >= 4 is 17.2 Å². The van der Waals surface area contributed by atoms with E-state index in [1.165, 1.54) is 16.9 Å². The molecule has 3 nitrogen and oxygen atoms in total. The molecule has 0 saturated carbocycles. The molecule has 2 heterocycles. The highest BCUT2D eigenvalue weighted by atomic mass is 32.1. The molecule has 0 fully saturated rings. The SMILES string of the molecule is CC(C)(C)[C@H]1CCc2sc(C(=O)NCc3ccccn3)cc2C1. The maximum atomic E-state index is 12.4. The van der Waals surface area contributed by atoms with Gasteiger partial charge in [-0.2, -0.15) is 0 Å². The summed E-state index contributed by atoms with van der Waals surface area (Å²) in [7, 11) is 0. The van der Waals surface area contributed by atoms with Crippen LogP contribution in [0.2, 0.25) is 0 Å². The fourth-order valence-corrected chi connectivity index (χ4v) is 4.26. The second-order valence-corrected chi connectivity index (χ2v) is 8.51. The predicted molar refractivity (Wildman–Crippen MR) is 94.7 cm³/mol. The van der Waals surface area contributed by atoms with Gasteiger partial charge in [0, 0.05) is 11.1 Å². The topological polar surface area (TPSA) is 42.0 Å². The standard InChI is InChI=1S/C19H24N2OS/c1-19(2,3)14-7-8-16-13(10-14)11-17(23-16)18(22)21-12-15-6-4-5-9-20-15/h4-6,9,11,14H,7-8,10,12H2,1-3H3,(H,21,22)/t14-/m0/s1. The van der Waals surface area contributed by atoms with Gasteiger partial charge in [-0.15, -0.1) is 11.3 Å². The Hall–Kier alpha value is -1.68. The van der Waals surface area contributed by atoms with Crippen molar-refractivity contribution in [1.29, 1.82) is 0 Å². The Morgan fingerprint density at radius 1 is 1.39 bits per heavy atom. The van der Waals surface area contributed by atoms with E-state index in [4.69, 9.17) is 0 Å². The third-order valence-corrected chi connectivity index (χ3v) is 5.92. The van der Waals surface area contributed by atoms with Crippen LogP contribution in [0.3, 0.4) is 0 Å². The van der Waals surface area contributed by atoms with E-state index in [0.29, 0.717) is 17.9 Å². The van der Waals surface area contributed by atoms with Crippen molar-refractivity contribution in [3.05, 3.63) is 51.5 Å². The zero-order valence-corrected chi connectivity index (χ0v) is 14.9. The van der Waals surface area contributed by atoms with Gasteiger partial charge in [-0.3, -0.25) is 9.78 Å². The Morgan fingerprint density at radius 3 is 2.91 bits per heavy atom. The minimum atomic E-state index is 0.0161. The molecule has 2 aromatic rings. The van der Waals surface area contributed by atoms with Gasteiger partial charge < -0.3 is 5.32 Å². The first-order valence-electron chi connectivity index (χ1n) is 8.23. The van der Waals surface area contributed by atoms with Gasteiger partial charge in [0.05, 0.1) is 17.1 Å². The summed E-state index contributed by atoms with van der Waals surface area (Å²) >= 11 is 1.66. The molecule has 1 N–H and O–H groups in total. The Kier molecular flexibility index (Phi) is 4.53. The molecule has 0 unspecified atom stereocenters. The number of amides is 1. The van der Waals surface area contributed by atoms with E-state index in [0.717, 1.165) is 23.4 Å². The molecule has 23 heavy (non-hydrogen) atoms. The van der Waals surface area contributed by atoms with Crippen LogP contribution in [0.5, 0.6) is 0 Å². The molecule has 1 atom stereocenters. The molecule has 0 saturated heterocycles. The summed E-state index contributed by atoms with van der Waals surface area (Å²) in [6.07, 6.45) is 5.18. The van der Waals surface area contributed by atoms with Crippen LogP contribution in [0, 0.1) is 11.3 Å². The molecule has 122 valence electrons. The number of hydrogen-bond acceptors (Lipinski definition) is 3. The summed E-state index contributed by atoms with van der Waals surface area (Å²) in [4.78, 5) is 18.9. The van der Waals surface area contributed by atoms with Gasteiger partial charge in [0.15, 0.2) is 0 Å². The zero-order valence-electron chi connectivity index (χ0n) is 14.1. The summed E-state index contributed by atoms with van der Waals surface area (Å²) in [5, 5.41) is 2.97. The third-order valence-electron chi connectivity index (χ3n) is 4.69. The molecule has 0 aliphatic heterocycles. The van der Waals surface area contributed by atoms with E-state index < -0.39 is 0 Å². The second-order valence-electron chi connectivity index (χ2n) is 7.37. The van der Waals surface area contributed by atoms with Gasteiger partial charge in [0.1, 0.15) is 0 Å². The Bertz CT molecular complexity index is 685. The smallest absolute Gasteiger partial charge is 0.261 e. The van der Waals surface area contributed by atoms with E-state index in [9.17, 15) is 4.79 Å². The fraction of sp³-hybridized carbons (Fsp3) is 0.474. The van der Waals surface area contributed by atoms with Crippen molar-refractivity contribution in [2.24, 2.45) is 11.3 Å². The molecular formula is C19H24N2OS. The van der Waals surface area contributed by atoms with Crippen molar-refractivity contribution in [3.8, 4) is 0 Å². The number of nitrogens with zero attached hydrogens (tertiary/aromatic N) is 1. The normalized spacial score (nSPS) is 17.6. The molecule has 3 rings (SSSR count). The summed E-state index contributed by atoms with van der Waals surface area (Å²) in [6, 6.07) is 7.84. The molecule has 1 aliphatic carbocycles. The molecule has 1 aliphatic rings. The number of rotatable bonds is 3. The lowest BCUT2D eigenvalue weighted by molar-refractivity contribution is 0.0954. The van der Waals surface area contributed by atoms with Crippen LogP contribution in [-0.2, 0) is 19.4 Å². The monoisotopic (exact) mass is 328 g/mol. The first kappa shape index (κ1) is 16.2. The van der Waals surface area contributed by atoms with E-state index in [1.807, 2.05) is 18.2 Å². The average Bonchev–Trinajstić information content (AvgIpc) is 2.96. The number of carbonyl (C=O) groups excluding carboxylic acids is 1. The van der Waals surface area contributed by atoms with Crippen molar-refractivity contribution in [1.82, 2.24) is 10.3 Å². The zero-order chi connectivity index (χ0) is 16.4. The van der Waals surface area contributed by atoms with Gasteiger partial charge in [0.25, 0.3) is 5.91 Å². The average molecular weight is 328 g/mol. The number of nitrogens with one attached hydrogen (secondary N) is 1. The maximum absolute atomic E-state index is 12.4. The van der Waals surface area contributed by atoms with Gasteiger partial charge in [0.2, 0.25) is 0 Å². The van der Waals surface area contributed by atoms with Crippen molar-refractivity contribution < 1.29 is 4.79 Å². The molecule has 0 aromatic carbocycles. The number of aromatic nitrogens is 1. The predicted octanol–water partition coefficient (Wildman–Crippen LogP) is 4.22. The van der Waals surface area contributed by atoms with E-state index >= 15 is 0 Å². The van der Waals surface area contributed by atoms with E-state index in [1.54, 1.807) is 17.5 Å². The maximum Gasteiger partial charge on any atom is 0.261 e. The molecule has 2 aromatic heterocycles. The summed E-state index contributed by atoms with van der Waals surface area (Å²) in [5.41, 5.74) is 2.60. The van der Waals surface area contributed by atoms with Crippen LogP contribution in [0.15, 0.2) is 30.5 Å². The van der Waals surface area contributed by atoms with Crippen molar-refractivity contribution in [2.75, 3.05) is 0 Å². The second kappa shape index (κ2) is 6.44. The molecule has 1 amide bonds. The van der Waals surface area contributed by atoms with Gasteiger partial charge in [-0.1, -0.05) is 26.8 Å². The van der Waals surface area contributed by atoms with E-state index in [2.05, 4.69) is 37.1 Å². The Labute approximate surface area is 142 Å². The largest absolute Gasteiger partial charge is 0.346 e. The Balaban J connectivity index is 1.66. The van der Waals surface area contributed by atoms with Crippen molar-refractivity contribution in [3.63, 3.8) is 0 Å². The number of aryl methyl sites for hydroxylation is 1. The summed E-state index contributed by atoms with van der Waals surface area (Å²) in [6.45, 7) is 7.42. The Morgan fingerprint density at radius 2 is 2.22 bits per heavy atom. The number of pyridine rings is 1. The van der Waals surface area contributed by atoms with Gasteiger partial charge in [-0.25, -0.2) is 0 Å². The van der Waals surface area contributed by atoms with Crippen LogP contribution in [0.25, 0.3) is 0 Å². The van der Waals surface area contributed by atoms with E-state index in [-0.39, 0.29) is 5.91 Å². The minimum absolute atomic E-state index is 0.0161. The highest BCUT2D eigenvalue weighted by Gasteiger charge is 2.30. The number of hydrogen-bond donors (Lipinski definition) is 1. The van der Waals surface area contributed by atoms with Crippen LogP contribution >= 0.6 is 11.3 Å². The summed E-state index contributed by atoms with van der Waals surface area (Å²) < 4.78 is 0. The highest BCUT2D eigenvalue weighted by molar-refractivity contribution is 7.14. The quantitative estimate of drug-likeness (QED) is 0.916. The number of carbonyl (C=O) groups is 1. The van der Waals surface area contributed by atoms with Crippen LogP contribution < -0.4 is 5.32 Å². The van der Waals surface area contributed by atoms with Gasteiger partial charge >= 0.3 is 0 Å². The van der Waals surface area contributed by atoms with Crippen LogP contribution in [0.1, 0.15) is 53.0 Å². The lowest BCUT2D eigenvalue weighted by Crippen LogP contribution is -2.26. The summed E-state index contributed by atoms with van der Waals surface area (Å²) in [5.74, 6) is 0.719. The number of fused-ring (bicyclic) bond motifs is 1. The lowest BCUT2D eigenvalue weighted by atomic mass is 9.72. The molecular weight excluding hydrogens is 304 g/mol. The minimum Gasteiger partial charge on any atom is -0.346 e. The fourth-order valence-electron chi connectivity index (χ4n) is 3.14. The highest BCUT2D eigenvalue weighted by Crippen LogP contribution is 2.40. The molecule has 0 radical (unpaired) electrons. The number of thiophene rings is 1.